The first-order valence-electron chi connectivity index (χ1n) is 12.5. The minimum Gasteiger partial charge on any atom is -0.393 e. The van der Waals surface area contributed by atoms with Crippen LogP contribution in [0.4, 0.5) is 0 Å². The van der Waals surface area contributed by atoms with Gasteiger partial charge >= 0.3 is 0 Å². The lowest BCUT2D eigenvalue weighted by atomic mass is 9.86. The molecule has 4 nitrogen and oxygen atoms in total. The summed E-state index contributed by atoms with van der Waals surface area (Å²) in [4.78, 5) is 0. The lowest BCUT2D eigenvalue weighted by molar-refractivity contribution is 0.123. The monoisotopic (exact) mass is 433 g/mol. The summed E-state index contributed by atoms with van der Waals surface area (Å²) < 4.78 is 0. The van der Waals surface area contributed by atoms with Crippen molar-refractivity contribution in [1.29, 1.82) is 0 Å². The summed E-state index contributed by atoms with van der Waals surface area (Å²) in [5.41, 5.74) is 8.76. The van der Waals surface area contributed by atoms with Crippen LogP contribution in [0, 0.1) is 0 Å². The zero-order valence-electron chi connectivity index (χ0n) is 19.3. The number of hydrogen-bond acceptors (Lipinski definition) is 4. The normalized spacial score (nSPS) is 22.8. The Morgan fingerprint density at radius 1 is 0.688 bits per heavy atom. The molecule has 172 valence electrons. The van der Waals surface area contributed by atoms with Crippen LogP contribution in [0.2, 0.25) is 0 Å². The zero-order valence-corrected chi connectivity index (χ0v) is 19.3. The van der Waals surface area contributed by atoms with E-state index in [2.05, 4.69) is 59.2 Å². The van der Waals surface area contributed by atoms with Crippen LogP contribution in [-0.2, 0) is 12.8 Å². The van der Waals surface area contributed by atoms with E-state index in [4.69, 9.17) is 10.8 Å². The Balaban J connectivity index is 0.000000144. The van der Waals surface area contributed by atoms with Crippen molar-refractivity contribution < 1.29 is 5.11 Å². The highest BCUT2D eigenvalue weighted by Crippen LogP contribution is 2.33. The standard InChI is InChI=1S/C18H16.C6H13NO.C4H10N2/c1-3-7-15-13(5-1)9-11-18-16-8-4-2-6-14(16)10-12-17(15)18;7-5-1-3-6(8)4-2-5;1-2-6-4-3-5-1/h1,3,5,7,9-12H,2,4,6,8H2;5-6,8H,1-4,7H2;5-6H,1-4H2/t;5-,6-;. The van der Waals surface area contributed by atoms with Gasteiger partial charge in [-0.05, 0) is 84.0 Å². The van der Waals surface area contributed by atoms with Gasteiger partial charge < -0.3 is 21.5 Å². The first-order chi connectivity index (χ1) is 15.7. The van der Waals surface area contributed by atoms with Crippen molar-refractivity contribution in [2.75, 3.05) is 26.2 Å². The molecular weight excluding hydrogens is 394 g/mol. The van der Waals surface area contributed by atoms with Gasteiger partial charge in [0.25, 0.3) is 0 Å². The highest BCUT2D eigenvalue weighted by molar-refractivity contribution is 6.08. The molecule has 0 unspecified atom stereocenters. The summed E-state index contributed by atoms with van der Waals surface area (Å²) in [5, 5.41) is 21.1. The van der Waals surface area contributed by atoms with E-state index in [0.29, 0.717) is 6.04 Å². The van der Waals surface area contributed by atoms with E-state index in [9.17, 15) is 0 Å². The van der Waals surface area contributed by atoms with Crippen molar-refractivity contribution in [1.82, 2.24) is 10.6 Å². The Kier molecular flexibility index (Phi) is 8.52. The molecule has 1 saturated heterocycles. The number of aliphatic hydroxyl groups is 1. The summed E-state index contributed by atoms with van der Waals surface area (Å²) in [6.07, 6.45) is 8.97. The van der Waals surface area contributed by atoms with Gasteiger partial charge in [0.2, 0.25) is 0 Å². The Bertz CT molecular complexity index is 969. The van der Waals surface area contributed by atoms with Crippen LogP contribution < -0.4 is 16.4 Å². The molecule has 1 aliphatic heterocycles. The molecule has 3 aliphatic rings. The number of nitrogens with two attached hydrogens (primary N) is 1. The van der Waals surface area contributed by atoms with Gasteiger partial charge in [-0.15, -0.1) is 0 Å². The fourth-order valence-corrected chi connectivity index (χ4v) is 5.05. The second-order valence-electron chi connectivity index (χ2n) is 9.36. The smallest absolute Gasteiger partial charge is 0.0541 e. The number of piperazine rings is 1. The summed E-state index contributed by atoms with van der Waals surface area (Å²) in [6.45, 7) is 4.56. The van der Waals surface area contributed by atoms with E-state index in [1.165, 1.54) is 47.2 Å². The number of rotatable bonds is 0. The molecule has 0 spiro atoms. The molecule has 4 heteroatoms. The Morgan fingerprint density at radius 2 is 1.34 bits per heavy atom. The van der Waals surface area contributed by atoms with Crippen LogP contribution in [0.1, 0.15) is 49.7 Å². The Hall–Kier alpha value is -1.98. The van der Waals surface area contributed by atoms with Crippen LogP contribution in [0.5, 0.6) is 0 Å². The predicted octanol–water partition coefficient (Wildman–Crippen LogP) is 4.30. The average molecular weight is 434 g/mol. The van der Waals surface area contributed by atoms with Gasteiger partial charge in [0.1, 0.15) is 0 Å². The molecular formula is C28H39N3O. The molecule has 3 aromatic rings. The SMILES string of the molecule is C1CNCCN1.N[C@H]1CC[C@H](O)CC1.c1ccc2c(c1)ccc1c3c(ccc12)CCCC3. The number of benzene rings is 3. The number of hydrogen-bond donors (Lipinski definition) is 4. The second kappa shape index (κ2) is 11.8. The van der Waals surface area contributed by atoms with E-state index in [0.717, 1.165) is 51.9 Å². The first kappa shape index (κ1) is 23.2. The highest BCUT2D eigenvalue weighted by Gasteiger charge is 2.15. The van der Waals surface area contributed by atoms with Gasteiger partial charge in [0, 0.05) is 32.2 Å². The molecule has 32 heavy (non-hydrogen) atoms. The van der Waals surface area contributed by atoms with Crippen molar-refractivity contribution in [3.05, 3.63) is 59.7 Å². The zero-order chi connectivity index (χ0) is 22.2. The van der Waals surface area contributed by atoms with Crippen LogP contribution in [0.15, 0.2) is 48.5 Å². The van der Waals surface area contributed by atoms with Crippen molar-refractivity contribution in [2.45, 2.75) is 63.5 Å². The number of fused-ring (bicyclic) bond motifs is 5. The van der Waals surface area contributed by atoms with Crippen LogP contribution in [0.25, 0.3) is 21.5 Å². The molecule has 1 saturated carbocycles. The minimum absolute atomic E-state index is 0.0604. The Morgan fingerprint density at radius 3 is 2.03 bits per heavy atom. The maximum atomic E-state index is 8.97. The van der Waals surface area contributed by atoms with Crippen molar-refractivity contribution >= 4 is 21.5 Å². The quantitative estimate of drug-likeness (QED) is 0.399. The first-order valence-corrected chi connectivity index (χ1v) is 12.5. The maximum Gasteiger partial charge on any atom is 0.0541 e. The van der Waals surface area contributed by atoms with Crippen LogP contribution in [0.3, 0.4) is 0 Å². The third kappa shape index (κ3) is 6.08. The van der Waals surface area contributed by atoms with E-state index in [1.807, 2.05) is 0 Å². The predicted molar refractivity (Wildman–Crippen MR) is 136 cm³/mol. The van der Waals surface area contributed by atoms with Gasteiger partial charge in [0.05, 0.1) is 6.10 Å². The summed E-state index contributed by atoms with van der Waals surface area (Å²) in [7, 11) is 0. The van der Waals surface area contributed by atoms with E-state index in [-0.39, 0.29) is 6.10 Å². The average Bonchev–Trinajstić information content (AvgIpc) is 2.87. The van der Waals surface area contributed by atoms with Crippen molar-refractivity contribution in [2.24, 2.45) is 5.73 Å². The maximum absolute atomic E-state index is 8.97. The largest absolute Gasteiger partial charge is 0.393 e. The molecule has 0 bridgehead atoms. The van der Waals surface area contributed by atoms with Crippen LogP contribution >= 0.6 is 0 Å². The molecule has 2 fully saturated rings. The van der Waals surface area contributed by atoms with E-state index in [1.54, 1.807) is 11.1 Å². The third-order valence-electron chi connectivity index (χ3n) is 6.96. The molecule has 3 aromatic carbocycles. The van der Waals surface area contributed by atoms with E-state index >= 15 is 0 Å². The molecule has 1 heterocycles. The lowest BCUT2D eigenvalue weighted by Crippen LogP contribution is -2.39. The number of aliphatic hydroxyl groups excluding tert-OH is 1. The fourth-order valence-electron chi connectivity index (χ4n) is 5.05. The number of nitrogens with one attached hydrogen (secondary N) is 2. The molecule has 0 atom stereocenters. The van der Waals surface area contributed by atoms with E-state index < -0.39 is 0 Å². The van der Waals surface area contributed by atoms with Crippen molar-refractivity contribution in [3.8, 4) is 0 Å². The van der Waals surface area contributed by atoms with Gasteiger partial charge in [-0.2, -0.15) is 0 Å². The second-order valence-corrected chi connectivity index (χ2v) is 9.36. The van der Waals surface area contributed by atoms with Gasteiger partial charge in [-0.1, -0.05) is 48.5 Å². The van der Waals surface area contributed by atoms with Gasteiger partial charge in [-0.25, -0.2) is 0 Å². The summed E-state index contributed by atoms with van der Waals surface area (Å²) in [6, 6.07) is 18.3. The summed E-state index contributed by atoms with van der Waals surface area (Å²) >= 11 is 0. The topological polar surface area (TPSA) is 70.3 Å². The van der Waals surface area contributed by atoms with Crippen LogP contribution in [-0.4, -0.2) is 43.4 Å². The number of aryl methyl sites for hydroxylation is 2. The Labute approximate surface area is 192 Å². The lowest BCUT2D eigenvalue weighted by Gasteiger charge is -2.21. The molecule has 2 aliphatic carbocycles. The summed E-state index contributed by atoms with van der Waals surface area (Å²) in [5.74, 6) is 0. The molecule has 0 aromatic heterocycles. The molecule has 0 amide bonds. The fraction of sp³-hybridized carbons (Fsp3) is 0.500. The van der Waals surface area contributed by atoms with Crippen molar-refractivity contribution in [3.63, 3.8) is 0 Å². The minimum atomic E-state index is -0.0604. The van der Waals surface area contributed by atoms with Gasteiger partial charge in [-0.3, -0.25) is 0 Å². The van der Waals surface area contributed by atoms with Gasteiger partial charge in [0.15, 0.2) is 0 Å². The molecule has 6 rings (SSSR count). The molecule has 0 radical (unpaired) electrons. The third-order valence-corrected chi connectivity index (χ3v) is 6.96. The highest BCUT2D eigenvalue weighted by atomic mass is 16.3. The molecule has 5 N–H and O–H groups in total.